The first kappa shape index (κ1) is 26.6. The van der Waals surface area contributed by atoms with Crippen molar-refractivity contribution in [3.63, 3.8) is 0 Å². The van der Waals surface area contributed by atoms with Crippen molar-refractivity contribution in [2.45, 2.75) is 123 Å². The van der Waals surface area contributed by atoms with Crippen LogP contribution in [0.2, 0.25) is 0 Å². The number of unbranched alkanes of at least 4 members (excludes halogenated alkanes) is 9. The lowest BCUT2D eigenvalue weighted by Gasteiger charge is -2.19. The van der Waals surface area contributed by atoms with Gasteiger partial charge in [-0.05, 0) is 39.5 Å². The number of rotatable bonds is 19. The quantitative estimate of drug-likeness (QED) is 0.172. The number of ether oxygens (including phenoxy) is 4. The fourth-order valence-electron chi connectivity index (χ4n) is 3.58. The summed E-state index contributed by atoms with van der Waals surface area (Å²) >= 11 is 0. The van der Waals surface area contributed by atoms with E-state index >= 15 is 0 Å². The molecule has 172 valence electrons. The lowest BCUT2D eigenvalue weighted by molar-refractivity contribution is -0.146. The molecule has 1 aliphatic heterocycles. The molecule has 1 aliphatic rings. The van der Waals surface area contributed by atoms with Crippen LogP contribution in [0, 0.1) is 0 Å². The molecular weight excluding hydrogens is 364 g/mol. The molecule has 0 N–H and O–H groups in total. The molecule has 0 aromatic rings. The Labute approximate surface area is 180 Å². The highest BCUT2D eigenvalue weighted by atomic mass is 16.7. The highest BCUT2D eigenvalue weighted by Crippen LogP contribution is 2.22. The van der Waals surface area contributed by atoms with Crippen LogP contribution < -0.4 is 0 Å². The van der Waals surface area contributed by atoms with E-state index in [1.807, 2.05) is 13.8 Å². The van der Waals surface area contributed by atoms with Crippen LogP contribution in [0.5, 0.6) is 0 Å². The maximum absolute atomic E-state index is 5.95. The Hall–Kier alpha value is -0.420. The van der Waals surface area contributed by atoms with Crippen molar-refractivity contribution in [2.75, 3.05) is 26.4 Å². The zero-order chi connectivity index (χ0) is 21.2. The van der Waals surface area contributed by atoms with Crippen LogP contribution in [-0.4, -0.2) is 44.4 Å². The number of hydrogen-bond donors (Lipinski definition) is 0. The van der Waals surface area contributed by atoms with Gasteiger partial charge in [0.1, 0.15) is 6.10 Å². The van der Waals surface area contributed by atoms with Gasteiger partial charge < -0.3 is 18.9 Å². The minimum atomic E-state index is -0.482. The van der Waals surface area contributed by atoms with Gasteiger partial charge in [0.15, 0.2) is 5.79 Å². The topological polar surface area (TPSA) is 36.9 Å². The molecule has 0 amide bonds. The zero-order valence-electron chi connectivity index (χ0n) is 19.8. The number of allylic oxidation sites excluding steroid dienone is 1. The Morgan fingerprint density at radius 3 is 2.24 bits per heavy atom. The van der Waals surface area contributed by atoms with Crippen LogP contribution >= 0.6 is 0 Å². The first-order valence-corrected chi connectivity index (χ1v) is 12.2. The van der Waals surface area contributed by atoms with E-state index in [9.17, 15) is 0 Å². The molecule has 2 unspecified atom stereocenters. The molecule has 1 rings (SSSR count). The minimum absolute atomic E-state index is 0.0269. The molecule has 2 atom stereocenters. The SMILES string of the molecule is CCCCCCCCCCCC=CCC(COCC1COC(C)(C)O1)OCCC. The first-order valence-electron chi connectivity index (χ1n) is 12.2. The van der Waals surface area contributed by atoms with Gasteiger partial charge in [0.2, 0.25) is 0 Å². The van der Waals surface area contributed by atoms with Gasteiger partial charge in [-0.25, -0.2) is 0 Å². The minimum Gasteiger partial charge on any atom is -0.376 e. The second kappa shape index (κ2) is 17.3. The van der Waals surface area contributed by atoms with Gasteiger partial charge in [-0.1, -0.05) is 77.4 Å². The Balaban J connectivity index is 2.05. The molecule has 1 saturated heterocycles. The molecule has 0 aliphatic carbocycles. The summed E-state index contributed by atoms with van der Waals surface area (Å²) in [5.74, 6) is -0.482. The molecule has 0 radical (unpaired) electrons. The van der Waals surface area contributed by atoms with E-state index in [4.69, 9.17) is 18.9 Å². The van der Waals surface area contributed by atoms with Crippen LogP contribution in [0.4, 0.5) is 0 Å². The van der Waals surface area contributed by atoms with Gasteiger partial charge in [-0.15, -0.1) is 0 Å². The molecule has 1 fully saturated rings. The Bertz CT molecular complexity index is 394. The van der Waals surface area contributed by atoms with Crippen LogP contribution in [0.3, 0.4) is 0 Å². The molecule has 4 nitrogen and oxygen atoms in total. The molecule has 0 bridgehead atoms. The second-order valence-electron chi connectivity index (χ2n) is 8.81. The smallest absolute Gasteiger partial charge is 0.163 e. The van der Waals surface area contributed by atoms with E-state index in [-0.39, 0.29) is 12.2 Å². The van der Waals surface area contributed by atoms with Crippen LogP contribution in [-0.2, 0) is 18.9 Å². The van der Waals surface area contributed by atoms with Gasteiger partial charge in [0.25, 0.3) is 0 Å². The fraction of sp³-hybridized carbons (Fsp3) is 0.920. The van der Waals surface area contributed by atoms with Gasteiger partial charge >= 0.3 is 0 Å². The lowest BCUT2D eigenvalue weighted by atomic mass is 10.1. The summed E-state index contributed by atoms with van der Waals surface area (Å²) in [5.41, 5.74) is 0. The molecule has 0 aromatic heterocycles. The summed E-state index contributed by atoms with van der Waals surface area (Å²) < 4.78 is 23.2. The third-order valence-electron chi connectivity index (χ3n) is 5.27. The number of hydrogen-bond acceptors (Lipinski definition) is 4. The maximum Gasteiger partial charge on any atom is 0.163 e. The summed E-state index contributed by atoms with van der Waals surface area (Å²) in [6.45, 7) is 10.9. The van der Waals surface area contributed by atoms with Crippen molar-refractivity contribution in [2.24, 2.45) is 0 Å². The van der Waals surface area contributed by atoms with E-state index in [1.165, 1.54) is 64.2 Å². The van der Waals surface area contributed by atoms with E-state index in [2.05, 4.69) is 26.0 Å². The van der Waals surface area contributed by atoms with E-state index in [0.717, 1.165) is 19.4 Å². The lowest BCUT2D eigenvalue weighted by Crippen LogP contribution is -2.27. The summed E-state index contributed by atoms with van der Waals surface area (Å²) in [6, 6.07) is 0. The highest BCUT2D eigenvalue weighted by Gasteiger charge is 2.32. The highest BCUT2D eigenvalue weighted by molar-refractivity contribution is 4.84. The molecule has 0 saturated carbocycles. The Morgan fingerprint density at radius 2 is 1.62 bits per heavy atom. The first-order chi connectivity index (χ1) is 14.1. The maximum atomic E-state index is 5.95. The van der Waals surface area contributed by atoms with E-state index in [0.29, 0.717) is 19.8 Å². The average molecular weight is 413 g/mol. The summed E-state index contributed by atoms with van der Waals surface area (Å²) in [6.07, 6.45) is 20.3. The second-order valence-corrected chi connectivity index (χ2v) is 8.81. The predicted octanol–water partition coefficient (Wildman–Crippen LogP) is 6.82. The molecular formula is C25H48O4. The normalized spacial score (nSPS) is 19.9. The van der Waals surface area contributed by atoms with Crippen molar-refractivity contribution in [3.8, 4) is 0 Å². The average Bonchev–Trinajstić information content (AvgIpc) is 3.05. The Kier molecular flexibility index (Phi) is 15.9. The summed E-state index contributed by atoms with van der Waals surface area (Å²) in [5, 5.41) is 0. The molecule has 0 spiro atoms. The third kappa shape index (κ3) is 15.1. The van der Waals surface area contributed by atoms with E-state index in [1.54, 1.807) is 0 Å². The van der Waals surface area contributed by atoms with Gasteiger partial charge in [-0.3, -0.25) is 0 Å². The van der Waals surface area contributed by atoms with Crippen molar-refractivity contribution >= 4 is 0 Å². The van der Waals surface area contributed by atoms with Crippen molar-refractivity contribution in [1.82, 2.24) is 0 Å². The predicted molar refractivity (Wildman–Crippen MR) is 121 cm³/mol. The fourth-order valence-corrected chi connectivity index (χ4v) is 3.58. The molecule has 0 aromatic carbocycles. The summed E-state index contributed by atoms with van der Waals surface area (Å²) in [7, 11) is 0. The Morgan fingerprint density at radius 1 is 0.931 bits per heavy atom. The molecule has 4 heteroatoms. The van der Waals surface area contributed by atoms with Gasteiger partial charge in [0, 0.05) is 6.61 Å². The van der Waals surface area contributed by atoms with E-state index < -0.39 is 5.79 Å². The largest absolute Gasteiger partial charge is 0.376 e. The zero-order valence-corrected chi connectivity index (χ0v) is 19.8. The van der Waals surface area contributed by atoms with Crippen LogP contribution in [0.25, 0.3) is 0 Å². The monoisotopic (exact) mass is 412 g/mol. The molecule has 29 heavy (non-hydrogen) atoms. The van der Waals surface area contributed by atoms with Crippen molar-refractivity contribution < 1.29 is 18.9 Å². The molecule has 1 heterocycles. The standard InChI is InChI=1S/C25H48O4/c1-5-7-8-9-10-11-12-13-14-15-16-17-18-23(27-19-6-2)20-26-21-24-22-28-25(3,4)29-24/h16-17,23-24H,5-15,18-22H2,1-4H3. The van der Waals surface area contributed by atoms with Gasteiger partial charge in [-0.2, -0.15) is 0 Å². The van der Waals surface area contributed by atoms with Gasteiger partial charge in [0.05, 0.1) is 25.9 Å². The van der Waals surface area contributed by atoms with Crippen molar-refractivity contribution in [3.05, 3.63) is 12.2 Å². The summed E-state index contributed by atoms with van der Waals surface area (Å²) in [4.78, 5) is 0. The van der Waals surface area contributed by atoms with Crippen LogP contribution in [0.1, 0.15) is 105 Å². The van der Waals surface area contributed by atoms with Crippen LogP contribution in [0.15, 0.2) is 12.2 Å². The third-order valence-corrected chi connectivity index (χ3v) is 5.27. The van der Waals surface area contributed by atoms with Crippen molar-refractivity contribution in [1.29, 1.82) is 0 Å².